The van der Waals surface area contributed by atoms with Crippen molar-refractivity contribution in [1.82, 2.24) is 30.1 Å². The molecule has 9 nitrogen and oxygen atoms in total. The number of amides is 3. The number of carbonyl (C=O) groups is 2. The first kappa shape index (κ1) is 30.1. The Labute approximate surface area is 255 Å². The van der Waals surface area contributed by atoms with Crippen molar-refractivity contribution < 1.29 is 14.0 Å². The lowest BCUT2D eigenvalue weighted by molar-refractivity contribution is -0.133. The molecule has 3 aromatic rings. The van der Waals surface area contributed by atoms with Gasteiger partial charge in [-0.15, -0.1) is 6.42 Å². The van der Waals surface area contributed by atoms with E-state index in [1.54, 1.807) is 42.2 Å². The lowest BCUT2D eigenvalue weighted by Gasteiger charge is -2.52. The molecule has 1 aromatic carbocycles. The molecule has 2 aliphatic heterocycles. The number of pyridine rings is 1. The van der Waals surface area contributed by atoms with E-state index in [0.29, 0.717) is 41.4 Å². The number of hydrogen-bond donors (Lipinski definition) is 1. The maximum Gasteiger partial charge on any atom is 0.330 e. The Balaban J connectivity index is 1.73. The summed E-state index contributed by atoms with van der Waals surface area (Å²) in [5.74, 6) is 2.14. The second-order valence-electron chi connectivity index (χ2n) is 11.1. The largest absolute Gasteiger partial charge is 0.334 e. The summed E-state index contributed by atoms with van der Waals surface area (Å²) >= 11 is 7.44. The van der Waals surface area contributed by atoms with Gasteiger partial charge < -0.3 is 10.2 Å². The lowest BCUT2D eigenvalue weighted by Crippen LogP contribution is -2.68. The summed E-state index contributed by atoms with van der Waals surface area (Å²) < 4.78 is 14.9. The number of halogens is 2. The number of aromatic nitrogens is 3. The molecule has 0 bridgehead atoms. The fourth-order valence-electron chi connectivity index (χ4n) is 5.80. The van der Waals surface area contributed by atoms with Crippen molar-refractivity contribution in [2.45, 2.75) is 57.7 Å². The number of nitrogens with zero attached hydrogens (tertiary/aromatic N) is 6. The van der Waals surface area contributed by atoms with Crippen molar-refractivity contribution >= 4 is 35.0 Å². The van der Waals surface area contributed by atoms with E-state index in [0.717, 1.165) is 0 Å². The topological polar surface area (TPSA) is 94.6 Å². The van der Waals surface area contributed by atoms with Gasteiger partial charge in [-0.2, -0.15) is 0 Å². The molecule has 3 amide bonds. The Morgan fingerprint density at radius 2 is 1.91 bits per heavy atom. The van der Waals surface area contributed by atoms with Gasteiger partial charge in [-0.3, -0.25) is 9.69 Å². The van der Waals surface area contributed by atoms with E-state index in [1.165, 1.54) is 17.0 Å². The van der Waals surface area contributed by atoms with Gasteiger partial charge in [0.05, 0.1) is 28.3 Å². The zero-order chi connectivity index (χ0) is 31.2. The number of aryl methyl sites for hydroxylation is 1. The van der Waals surface area contributed by atoms with Crippen LogP contribution in [0.25, 0.3) is 11.3 Å². The van der Waals surface area contributed by atoms with E-state index in [4.69, 9.17) is 23.0 Å². The van der Waals surface area contributed by atoms with Crippen molar-refractivity contribution in [1.29, 1.82) is 0 Å². The summed E-state index contributed by atoms with van der Waals surface area (Å²) in [5, 5.41) is 1.48. The number of piperazine rings is 1. The van der Waals surface area contributed by atoms with Crippen molar-refractivity contribution in [3.8, 4) is 23.6 Å². The first-order chi connectivity index (χ1) is 20.4. The minimum absolute atomic E-state index is 0.131. The molecule has 0 aliphatic carbocycles. The van der Waals surface area contributed by atoms with E-state index in [-0.39, 0.29) is 41.1 Å². The van der Waals surface area contributed by atoms with Crippen LogP contribution in [0.3, 0.4) is 0 Å². The number of nitrogens with one attached hydrogen (secondary N) is 1. The number of benzene rings is 1. The van der Waals surface area contributed by atoms with Crippen LogP contribution in [0.2, 0.25) is 0 Å². The van der Waals surface area contributed by atoms with Crippen LogP contribution in [-0.2, 0) is 9.92 Å². The van der Waals surface area contributed by atoms with Crippen molar-refractivity contribution in [3.63, 3.8) is 0 Å². The Morgan fingerprint density at radius 1 is 1.19 bits per heavy atom. The summed E-state index contributed by atoms with van der Waals surface area (Å²) in [7, 11) is 0. The molecule has 11 heteroatoms. The third-order valence-electron chi connectivity index (χ3n) is 7.89. The Bertz CT molecular complexity index is 1670. The van der Waals surface area contributed by atoms with E-state index in [9.17, 15) is 14.0 Å². The van der Waals surface area contributed by atoms with Gasteiger partial charge in [0.2, 0.25) is 16.9 Å². The molecule has 5 rings (SSSR count). The maximum absolute atomic E-state index is 14.9. The van der Waals surface area contributed by atoms with Crippen LogP contribution in [0.5, 0.6) is 0 Å². The molecule has 1 fully saturated rings. The van der Waals surface area contributed by atoms with Crippen LogP contribution in [0.15, 0.2) is 49.1 Å². The van der Waals surface area contributed by atoms with E-state index >= 15 is 0 Å². The fraction of sp³-hybridized carbons (Fsp3) is 0.344. The Morgan fingerprint density at radius 3 is 2.56 bits per heavy atom. The highest BCUT2D eigenvalue weighted by atomic mass is 35.5. The third-order valence-corrected chi connectivity index (χ3v) is 8.41. The highest BCUT2D eigenvalue weighted by Gasteiger charge is 2.51. The first-order valence-electron chi connectivity index (χ1n) is 14.0. The smallest absolute Gasteiger partial charge is 0.330 e. The predicted octanol–water partition coefficient (Wildman–Crippen LogP) is 5.41. The van der Waals surface area contributed by atoms with Crippen molar-refractivity contribution in [2.24, 2.45) is 0 Å². The van der Waals surface area contributed by atoms with Gasteiger partial charge in [0.25, 0.3) is 0 Å². The van der Waals surface area contributed by atoms with Crippen LogP contribution >= 0.6 is 11.6 Å². The first-order valence-corrected chi connectivity index (χ1v) is 14.4. The monoisotopic (exact) mass is 601 g/mol. The van der Waals surface area contributed by atoms with Gasteiger partial charge in [0.1, 0.15) is 11.6 Å². The van der Waals surface area contributed by atoms with E-state index < -0.39 is 17.0 Å². The molecule has 1 N–H and O–H groups in total. The standard InChI is InChI=1S/C32H33ClFN7O2/c1-8-26-35-21(7)29(28(37-26)18(3)4)41-30-23(14-15-25(36-30)22-12-10-11-13-24(22)34)32(33,38-31(41)43)40-17-19(5)39(16-20(40)6)27(42)9-2/h1,9-15,18-20H,2,16-17H2,3-7H3,(H,38,43)/t19-,20+,32?/m1/s1. The zero-order valence-corrected chi connectivity index (χ0v) is 25.5. The molecule has 222 valence electrons. The van der Waals surface area contributed by atoms with Crippen LogP contribution in [0.1, 0.15) is 56.4 Å². The fourth-order valence-corrected chi connectivity index (χ4v) is 6.27. The summed E-state index contributed by atoms with van der Waals surface area (Å²) in [6.07, 6.45) is 6.92. The van der Waals surface area contributed by atoms with Gasteiger partial charge >= 0.3 is 6.03 Å². The Hall–Kier alpha value is -4.33. The van der Waals surface area contributed by atoms with Crippen LogP contribution in [0, 0.1) is 25.1 Å². The SMILES string of the molecule is C#Cc1nc(C)c(N2C(=O)NC(Cl)(N3C[C@@H](C)N(C(=O)C=C)C[C@@H]3C)c3ccc(-c4ccccc4F)nc32)c(C(C)C)n1. The number of fused-ring (bicyclic) bond motifs is 1. The molecule has 0 radical (unpaired) electrons. The normalized spacial score (nSPS) is 22.2. The van der Waals surface area contributed by atoms with Gasteiger partial charge in [0, 0.05) is 30.7 Å². The van der Waals surface area contributed by atoms with Gasteiger partial charge in [-0.1, -0.05) is 44.2 Å². The van der Waals surface area contributed by atoms with Crippen molar-refractivity contribution in [3.05, 3.63) is 77.6 Å². The third kappa shape index (κ3) is 5.13. The molecule has 0 saturated carbocycles. The van der Waals surface area contributed by atoms with Crippen LogP contribution < -0.4 is 10.2 Å². The van der Waals surface area contributed by atoms with Gasteiger partial charge in [-0.05, 0) is 63.0 Å². The van der Waals surface area contributed by atoms with Gasteiger partial charge in [-0.25, -0.2) is 29.0 Å². The van der Waals surface area contributed by atoms with Crippen LogP contribution in [-0.4, -0.2) is 61.9 Å². The molecule has 1 unspecified atom stereocenters. The maximum atomic E-state index is 14.9. The number of carbonyl (C=O) groups excluding carboxylic acids is 2. The van der Waals surface area contributed by atoms with E-state index in [1.807, 2.05) is 32.6 Å². The number of rotatable bonds is 5. The lowest BCUT2D eigenvalue weighted by atomic mass is 9.99. The molecule has 4 heterocycles. The zero-order valence-electron chi connectivity index (χ0n) is 24.7. The highest BCUT2D eigenvalue weighted by Crippen LogP contribution is 2.46. The number of terminal acetylenes is 1. The molecule has 2 aromatic heterocycles. The predicted molar refractivity (Wildman–Crippen MR) is 164 cm³/mol. The molecule has 2 aliphatic rings. The molecule has 3 atom stereocenters. The molecular formula is C32H33ClFN7O2. The second-order valence-corrected chi connectivity index (χ2v) is 11.7. The second kappa shape index (κ2) is 11.4. The average molecular weight is 602 g/mol. The number of alkyl halides is 1. The minimum Gasteiger partial charge on any atom is -0.334 e. The molecule has 1 saturated heterocycles. The summed E-state index contributed by atoms with van der Waals surface area (Å²) in [6, 6.07) is 8.70. The highest BCUT2D eigenvalue weighted by molar-refractivity contribution is 6.26. The molecular weight excluding hydrogens is 569 g/mol. The summed E-state index contributed by atoms with van der Waals surface area (Å²) in [4.78, 5) is 45.7. The average Bonchev–Trinajstić information content (AvgIpc) is 2.98. The summed E-state index contributed by atoms with van der Waals surface area (Å²) in [5.41, 5.74) is 2.53. The number of urea groups is 1. The van der Waals surface area contributed by atoms with Gasteiger partial charge in [0.15, 0.2) is 0 Å². The van der Waals surface area contributed by atoms with Crippen molar-refractivity contribution in [2.75, 3.05) is 18.0 Å². The molecule has 0 spiro atoms. The number of hydrogen-bond acceptors (Lipinski definition) is 6. The van der Waals surface area contributed by atoms with Crippen LogP contribution in [0.4, 0.5) is 20.7 Å². The number of anilines is 2. The van der Waals surface area contributed by atoms with E-state index in [2.05, 4.69) is 27.8 Å². The quantitative estimate of drug-likeness (QED) is 0.182. The Kier molecular flexibility index (Phi) is 7.99. The summed E-state index contributed by atoms with van der Waals surface area (Å²) in [6.45, 7) is 13.8. The minimum atomic E-state index is -1.54. The molecule has 43 heavy (non-hydrogen) atoms.